The highest BCUT2D eigenvalue weighted by Crippen LogP contribution is 2.30. The van der Waals surface area contributed by atoms with Gasteiger partial charge in [0.15, 0.2) is 5.54 Å². The van der Waals surface area contributed by atoms with Crippen molar-refractivity contribution in [3.05, 3.63) is 48.2 Å². The number of hydrogen-bond donors (Lipinski definition) is 1. The fourth-order valence-electron chi connectivity index (χ4n) is 2.45. The van der Waals surface area contributed by atoms with Crippen LogP contribution in [0.1, 0.15) is 25.8 Å². The van der Waals surface area contributed by atoms with E-state index in [0.717, 1.165) is 5.56 Å². The Kier molecular flexibility index (Phi) is 4.98. The molecular weight excluding hydrogens is 282 g/mol. The number of nitrogens with zero attached hydrogens (tertiary/aromatic N) is 1. The molecule has 1 N–H and O–H groups in total. The summed E-state index contributed by atoms with van der Waals surface area (Å²) in [5.41, 5.74) is -0.369. The quantitative estimate of drug-likeness (QED) is 0.876. The molecule has 0 aromatic heterocycles. The zero-order valence-electron chi connectivity index (χ0n) is 12.9. The Labute approximate surface area is 130 Å². The number of amides is 1. The van der Waals surface area contributed by atoms with Gasteiger partial charge in [-0.15, -0.1) is 0 Å². The summed E-state index contributed by atoms with van der Waals surface area (Å²) in [6.07, 6.45) is 3.53. The number of rotatable bonds is 6. The van der Waals surface area contributed by atoms with Crippen molar-refractivity contribution in [3.8, 4) is 0 Å². The average molecular weight is 303 g/mol. The van der Waals surface area contributed by atoms with Crippen molar-refractivity contribution < 1.29 is 19.4 Å². The van der Waals surface area contributed by atoms with Crippen molar-refractivity contribution in [2.45, 2.75) is 32.4 Å². The van der Waals surface area contributed by atoms with E-state index in [1.54, 1.807) is 26.1 Å². The van der Waals surface area contributed by atoms with Crippen molar-refractivity contribution in [1.82, 2.24) is 4.90 Å². The Morgan fingerprint density at radius 1 is 1.32 bits per heavy atom. The van der Waals surface area contributed by atoms with Gasteiger partial charge >= 0.3 is 5.97 Å². The molecule has 22 heavy (non-hydrogen) atoms. The van der Waals surface area contributed by atoms with Crippen LogP contribution >= 0.6 is 0 Å². The standard InChI is InChI=1S/C17H21NO4/c1-13(2)15(19)18-10-6-9-17(18,16(20)21)12-22-11-14-7-4-3-5-8-14/h3-8,10,13H,9,11-12H2,1-2H3,(H,20,21)/t17-/m1/s1. The van der Waals surface area contributed by atoms with Crippen LogP contribution in [0.5, 0.6) is 0 Å². The maximum absolute atomic E-state index is 12.3. The highest BCUT2D eigenvalue weighted by Gasteiger charge is 2.48. The number of hydrogen-bond acceptors (Lipinski definition) is 3. The molecule has 1 aliphatic rings. The van der Waals surface area contributed by atoms with E-state index in [4.69, 9.17) is 4.74 Å². The normalized spacial score (nSPS) is 20.6. The molecular formula is C17H21NO4. The van der Waals surface area contributed by atoms with Crippen molar-refractivity contribution in [1.29, 1.82) is 0 Å². The molecule has 0 radical (unpaired) electrons. The van der Waals surface area contributed by atoms with E-state index in [0.29, 0.717) is 6.61 Å². The fourth-order valence-corrected chi connectivity index (χ4v) is 2.45. The number of carbonyl (C=O) groups excluding carboxylic acids is 1. The summed E-state index contributed by atoms with van der Waals surface area (Å²) in [7, 11) is 0. The van der Waals surface area contributed by atoms with Gasteiger partial charge in [0.2, 0.25) is 5.91 Å². The number of aliphatic carboxylic acids is 1. The summed E-state index contributed by atoms with van der Waals surface area (Å²) in [6.45, 7) is 3.79. The number of carbonyl (C=O) groups is 2. The van der Waals surface area contributed by atoms with Gasteiger partial charge in [-0.05, 0) is 5.56 Å². The molecule has 1 amide bonds. The van der Waals surface area contributed by atoms with Crippen molar-refractivity contribution in [2.24, 2.45) is 5.92 Å². The first kappa shape index (κ1) is 16.2. The Hall–Kier alpha value is -2.14. The van der Waals surface area contributed by atoms with Crippen molar-refractivity contribution >= 4 is 11.9 Å². The molecule has 0 aliphatic carbocycles. The van der Waals surface area contributed by atoms with Gasteiger partial charge in [-0.1, -0.05) is 50.3 Å². The van der Waals surface area contributed by atoms with Crippen LogP contribution in [-0.4, -0.2) is 34.0 Å². The zero-order chi connectivity index (χ0) is 16.2. The molecule has 5 nitrogen and oxygen atoms in total. The maximum Gasteiger partial charge on any atom is 0.332 e. The lowest BCUT2D eigenvalue weighted by Crippen LogP contribution is -2.56. The Balaban J connectivity index is 2.08. The first-order valence-corrected chi connectivity index (χ1v) is 7.32. The largest absolute Gasteiger partial charge is 0.479 e. The molecule has 0 unspecified atom stereocenters. The van der Waals surface area contributed by atoms with Crippen molar-refractivity contribution in [3.63, 3.8) is 0 Å². The van der Waals surface area contributed by atoms with Gasteiger partial charge in [-0.2, -0.15) is 0 Å². The highest BCUT2D eigenvalue weighted by molar-refractivity contribution is 5.90. The molecule has 1 aliphatic heterocycles. The second kappa shape index (κ2) is 6.75. The highest BCUT2D eigenvalue weighted by atomic mass is 16.5. The predicted octanol–water partition coefficient (Wildman–Crippen LogP) is 2.43. The predicted molar refractivity (Wildman–Crippen MR) is 81.9 cm³/mol. The van der Waals surface area contributed by atoms with Crippen LogP contribution in [0.4, 0.5) is 0 Å². The molecule has 1 heterocycles. The van der Waals surface area contributed by atoms with Gasteiger partial charge in [0.1, 0.15) is 0 Å². The third-order valence-electron chi connectivity index (χ3n) is 3.75. The minimum Gasteiger partial charge on any atom is -0.479 e. The number of carboxylic acid groups (broad SMARTS) is 1. The Morgan fingerprint density at radius 3 is 2.59 bits per heavy atom. The summed E-state index contributed by atoms with van der Waals surface area (Å²) in [6, 6.07) is 9.54. The molecule has 0 saturated carbocycles. The van der Waals surface area contributed by atoms with Crippen LogP contribution in [0.15, 0.2) is 42.6 Å². The van der Waals surface area contributed by atoms with E-state index in [-0.39, 0.29) is 24.9 Å². The average Bonchev–Trinajstić information content (AvgIpc) is 2.92. The number of carboxylic acids is 1. The zero-order valence-corrected chi connectivity index (χ0v) is 12.9. The van der Waals surface area contributed by atoms with Gasteiger partial charge in [0.25, 0.3) is 0 Å². The third kappa shape index (κ3) is 3.20. The van der Waals surface area contributed by atoms with Crippen LogP contribution < -0.4 is 0 Å². The molecule has 0 spiro atoms. The lowest BCUT2D eigenvalue weighted by atomic mass is 9.96. The molecule has 5 heteroatoms. The lowest BCUT2D eigenvalue weighted by molar-refractivity contribution is -0.160. The van der Waals surface area contributed by atoms with Gasteiger partial charge in [0, 0.05) is 18.5 Å². The summed E-state index contributed by atoms with van der Waals surface area (Å²) < 4.78 is 5.61. The monoisotopic (exact) mass is 303 g/mol. The second-order valence-electron chi connectivity index (χ2n) is 5.77. The summed E-state index contributed by atoms with van der Waals surface area (Å²) in [5.74, 6) is -1.52. The minimum absolute atomic E-state index is 0.0390. The van der Waals surface area contributed by atoms with Crippen LogP contribution in [0.3, 0.4) is 0 Å². The Bertz CT molecular complexity index is 567. The first-order valence-electron chi connectivity index (χ1n) is 7.32. The van der Waals surface area contributed by atoms with Crippen LogP contribution in [-0.2, 0) is 20.9 Å². The minimum atomic E-state index is -1.34. The van der Waals surface area contributed by atoms with Gasteiger partial charge < -0.3 is 9.84 Å². The Morgan fingerprint density at radius 2 is 2.00 bits per heavy atom. The smallest absolute Gasteiger partial charge is 0.332 e. The maximum atomic E-state index is 12.3. The lowest BCUT2D eigenvalue weighted by Gasteiger charge is -2.35. The van der Waals surface area contributed by atoms with Crippen LogP contribution in [0, 0.1) is 5.92 Å². The van der Waals surface area contributed by atoms with Gasteiger partial charge in [0.05, 0.1) is 13.2 Å². The van der Waals surface area contributed by atoms with E-state index in [1.165, 1.54) is 4.90 Å². The molecule has 0 saturated heterocycles. The van der Waals surface area contributed by atoms with Gasteiger partial charge in [-0.3, -0.25) is 9.69 Å². The number of ether oxygens (including phenoxy) is 1. The van der Waals surface area contributed by atoms with E-state index in [2.05, 4.69) is 0 Å². The fraction of sp³-hybridized carbons (Fsp3) is 0.412. The molecule has 0 bridgehead atoms. The summed E-state index contributed by atoms with van der Waals surface area (Å²) >= 11 is 0. The van der Waals surface area contributed by atoms with E-state index in [1.807, 2.05) is 30.3 Å². The first-order chi connectivity index (χ1) is 10.5. The molecule has 118 valence electrons. The topological polar surface area (TPSA) is 66.8 Å². The van der Waals surface area contributed by atoms with E-state index in [9.17, 15) is 14.7 Å². The van der Waals surface area contributed by atoms with E-state index < -0.39 is 11.5 Å². The second-order valence-corrected chi connectivity index (χ2v) is 5.77. The molecule has 1 aromatic rings. The molecule has 2 rings (SSSR count). The summed E-state index contributed by atoms with van der Waals surface area (Å²) in [5, 5.41) is 9.65. The van der Waals surface area contributed by atoms with Crippen LogP contribution in [0.25, 0.3) is 0 Å². The van der Waals surface area contributed by atoms with Crippen molar-refractivity contribution in [2.75, 3.05) is 6.61 Å². The summed E-state index contributed by atoms with van der Waals surface area (Å²) in [4.78, 5) is 25.4. The molecule has 1 atom stereocenters. The van der Waals surface area contributed by atoms with Crippen LogP contribution in [0.2, 0.25) is 0 Å². The van der Waals surface area contributed by atoms with Gasteiger partial charge in [-0.25, -0.2) is 4.79 Å². The molecule has 1 aromatic carbocycles. The SMILES string of the molecule is CC(C)C(=O)N1C=CC[C@@]1(COCc1ccccc1)C(=O)O. The third-order valence-corrected chi connectivity index (χ3v) is 3.75. The number of benzene rings is 1. The molecule has 0 fully saturated rings. The van der Waals surface area contributed by atoms with E-state index >= 15 is 0 Å².